The summed E-state index contributed by atoms with van der Waals surface area (Å²) in [6.45, 7) is 2.61. The lowest BCUT2D eigenvalue weighted by Gasteiger charge is -2.38. The standard InChI is InChI=1S/C23H26O6/c1-12(10-24)18-8-16-17(28-18)5-4-13-6-14-15-7-20(25-2)21(26-3)9-19(15)27-11-22(14)29-23(13)16/h4-5,7,9,12,14,18,22,24H,6,8,10-11H2,1-3H3/t12?,14-,18+,22+/m0/s1. The number of rotatable bonds is 4. The van der Waals surface area contributed by atoms with Gasteiger partial charge in [0.1, 0.15) is 36.1 Å². The van der Waals surface area contributed by atoms with Crippen LogP contribution in [0.5, 0.6) is 28.7 Å². The molecule has 0 aromatic heterocycles. The molecular weight excluding hydrogens is 372 g/mol. The van der Waals surface area contributed by atoms with Gasteiger partial charge in [0.15, 0.2) is 11.5 Å². The summed E-state index contributed by atoms with van der Waals surface area (Å²) in [7, 11) is 3.27. The Morgan fingerprint density at radius 3 is 2.62 bits per heavy atom. The molecule has 0 saturated carbocycles. The summed E-state index contributed by atoms with van der Waals surface area (Å²) in [6.07, 6.45) is 1.57. The molecule has 0 aliphatic carbocycles. The van der Waals surface area contributed by atoms with Gasteiger partial charge in [0, 0.05) is 42.1 Å². The zero-order chi connectivity index (χ0) is 20.1. The highest BCUT2D eigenvalue weighted by molar-refractivity contribution is 5.57. The van der Waals surface area contributed by atoms with Gasteiger partial charge in [0.05, 0.1) is 14.2 Å². The molecule has 3 heterocycles. The molecule has 0 bridgehead atoms. The van der Waals surface area contributed by atoms with Crippen LogP contribution in [0.4, 0.5) is 0 Å². The minimum Gasteiger partial charge on any atom is -0.493 e. The van der Waals surface area contributed by atoms with Crippen LogP contribution in [0.25, 0.3) is 0 Å². The number of benzene rings is 2. The van der Waals surface area contributed by atoms with Crippen molar-refractivity contribution in [2.45, 2.75) is 37.9 Å². The summed E-state index contributed by atoms with van der Waals surface area (Å²) >= 11 is 0. The van der Waals surface area contributed by atoms with Gasteiger partial charge < -0.3 is 28.8 Å². The maximum atomic E-state index is 9.49. The maximum absolute atomic E-state index is 9.49. The molecule has 5 rings (SSSR count). The lowest BCUT2D eigenvalue weighted by molar-refractivity contribution is 0.0722. The molecule has 6 nitrogen and oxygen atoms in total. The van der Waals surface area contributed by atoms with E-state index in [0.717, 1.165) is 41.2 Å². The maximum Gasteiger partial charge on any atom is 0.164 e. The Morgan fingerprint density at radius 2 is 1.86 bits per heavy atom. The van der Waals surface area contributed by atoms with Crippen LogP contribution >= 0.6 is 0 Å². The second kappa shape index (κ2) is 7.02. The molecule has 6 heteroatoms. The third-order valence-corrected chi connectivity index (χ3v) is 6.38. The van der Waals surface area contributed by atoms with Crippen LogP contribution in [-0.2, 0) is 12.8 Å². The van der Waals surface area contributed by atoms with Gasteiger partial charge in [-0.05, 0) is 24.1 Å². The number of fused-ring (bicyclic) bond motifs is 6. The first kappa shape index (κ1) is 18.4. The molecule has 2 aromatic carbocycles. The van der Waals surface area contributed by atoms with Crippen LogP contribution < -0.4 is 23.7 Å². The molecule has 2 aromatic rings. The molecule has 0 spiro atoms. The number of hydrogen-bond donors (Lipinski definition) is 1. The molecule has 154 valence electrons. The van der Waals surface area contributed by atoms with Crippen molar-refractivity contribution in [3.8, 4) is 28.7 Å². The lowest BCUT2D eigenvalue weighted by Crippen LogP contribution is -2.40. The van der Waals surface area contributed by atoms with Gasteiger partial charge in [-0.1, -0.05) is 13.0 Å². The number of methoxy groups -OCH3 is 2. The van der Waals surface area contributed by atoms with Crippen molar-refractivity contribution in [3.05, 3.63) is 41.0 Å². The Labute approximate surface area is 170 Å². The van der Waals surface area contributed by atoms with E-state index < -0.39 is 0 Å². The lowest BCUT2D eigenvalue weighted by atomic mass is 9.82. The van der Waals surface area contributed by atoms with Crippen molar-refractivity contribution < 1.29 is 28.8 Å². The predicted molar refractivity (Wildman–Crippen MR) is 107 cm³/mol. The fraction of sp³-hybridized carbons (Fsp3) is 0.478. The summed E-state index contributed by atoms with van der Waals surface area (Å²) < 4.78 is 29.5. The third kappa shape index (κ3) is 2.89. The van der Waals surface area contributed by atoms with Crippen LogP contribution in [-0.4, -0.2) is 44.7 Å². The molecule has 0 saturated heterocycles. The van der Waals surface area contributed by atoms with E-state index in [1.54, 1.807) is 14.2 Å². The minimum absolute atomic E-state index is 0.0112. The Hall–Kier alpha value is -2.60. The number of hydrogen-bond acceptors (Lipinski definition) is 6. The Kier molecular flexibility index (Phi) is 4.46. The zero-order valence-corrected chi connectivity index (χ0v) is 16.9. The fourth-order valence-corrected chi connectivity index (χ4v) is 4.64. The predicted octanol–water partition coefficient (Wildman–Crippen LogP) is 3.12. The van der Waals surface area contributed by atoms with Gasteiger partial charge in [0.25, 0.3) is 0 Å². The summed E-state index contributed by atoms with van der Waals surface area (Å²) in [6, 6.07) is 8.05. The van der Waals surface area contributed by atoms with Gasteiger partial charge in [-0.15, -0.1) is 0 Å². The van der Waals surface area contributed by atoms with Gasteiger partial charge in [-0.2, -0.15) is 0 Å². The van der Waals surface area contributed by atoms with E-state index in [1.807, 2.05) is 25.1 Å². The Bertz CT molecular complexity index is 939. The summed E-state index contributed by atoms with van der Waals surface area (Å²) in [4.78, 5) is 0. The summed E-state index contributed by atoms with van der Waals surface area (Å²) in [5.74, 6) is 4.28. The monoisotopic (exact) mass is 398 g/mol. The number of ether oxygens (including phenoxy) is 5. The van der Waals surface area contributed by atoms with Crippen LogP contribution in [0.15, 0.2) is 24.3 Å². The van der Waals surface area contributed by atoms with Crippen LogP contribution in [0, 0.1) is 5.92 Å². The van der Waals surface area contributed by atoms with E-state index in [4.69, 9.17) is 23.7 Å². The summed E-state index contributed by atoms with van der Waals surface area (Å²) in [5.41, 5.74) is 3.39. The Balaban J connectivity index is 1.49. The van der Waals surface area contributed by atoms with E-state index in [2.05, 4.69) is 6.07 Å². The second-order valence-corrected chi connectivity index (χ2v) is 8.07. The van der Waals surface area contributed by atoms with Crippen LogP contribution in [0.2, 0.25) is 0 Å². The molecule has 3 aliphatic heterocycles. The van der Waals surface area contributed by atoms with Crippen molar-refractivity contribution >= 4 is 0 Å². The second-order valence-electron chi connectivity index (χ2n) is 8.07. The van der Waals surface area contributed by atoms with Gasteiger partial charge in [-0.25, -0.2) is 0 Å². The SMILES string of the molecule is COc1cc2c(cc1OC)[C@@H]1Cc3ccc4c(c3O[C@@H]1CO2)C[C@H](C(C)CO)O4. The molecule has 3 aliphatic rings. The number of aliphatic hydroxyl groups is 1. The molecule has 0 amide bonds. The van der Waals surface area contributed by atoms with Crippen molar-refractivity contribution in [2.24, 2.45) is 5.92 Å². The quantitative estimate of drug-likeness (QED) is 0.854. The largest absolute Gasteiger partial charge is 0.493 e. The highest BCUT2D eigenvalue weighted by Crippen LogP contribution is 2.49. The fourth-order valence-electron chi connectivity index (χ4n) is 4.64. The first-order valence-electron chi connectivity index (χ1n) is 10.1. The van der Waals surface area contributed by atoms with Gasteiger partial charge in [-0.3, -0.25) is 0 Å². The third-order valence-electron chi connectivity index (χ3n) is 6.38. The van der Waals surface area contributed by atoms with E-state index >= 15 is 0 Å². The first-order valence-corrected chi connectivity index (χ1v) is 10.1. The van der Waals surface area contributed by atoms with E-state index in [-0.39, 0.29) is 30.7 Å². The molecule has 0 radical (unpaired) electrons. The molecule has 4 atom stereocenters. The average Bonchev–Trinajstić information content (AvgIpc) is 3.21. The molecule has 1 unspecified atom stereocenters. The van der Waals surface area contributed by atoms with Crippen molar-refractivity contribution in [2.75, 3.05) is 27.4 Å². The molecular formula is C23H26O6. The van der Waals surface area contributed by atoms with E-state index in [1.165, 1.54) is 5.56 Å². The molecule has 0 fully saturated rings. The summed E-state index contributed by atoms with van der Waals surface area (Å²) in [5, 5.41) is 9.49. The molecule has 29 heavy (non-hydrogen) atoms. The van der Waals surface area contributed by atoms with Gasteiger partial charge in [0.2, 0.25) is 0 Å². The van der Waals surface area contributed by atoms with Crippen LogP contribution in [0.1, 0.15) is 29.5 Å². The van der Waals surface area contributed by atoms with Crippen molar-refractivity contribution in [1.29, 1.82) is 0 Å². The minimum atomic E-state index is -0.0612. The highest BCUT2D eigenvalue weighted by Gasteiger charge is 2.41. The normalized spacial score (nSPS) is 24.6. The Morgan fingerprint density at radius 1 is 1.07 bits per heavy atom. The van der Waals surface area contributed by atoms with Crippen molar-refractivity contribution in [3.63, 3.8) is 0 Å². The van der Waals surface area contributed by atoms with E-state index in [0.29, 0.717) is 18.1 Å². The average molecular weight is 398 g/mol. The topological polar surface area (TPSA) is 66.4 Å². The molecule has 1 N–H and O–H groups in total. The number of aliphatic hydroxyl groups excluding tert-OH is 1. The highest BCUT2D eigenvalue weighted by atomic mass is 16.5. The smallest absolute Gasteiger partial charge is 0.164 e. The first-order chi connectivity index (χ1) is 14.1. The van der Waals surface area contributed by atoms with Crippen LogP contribution in [0.3, 0.4) is 0 Å². The van der Waals surface area contributed by atoms with E-state index in [9.17, 15) is 5.11 Å². The zero-order valence-electron chi connectivity index (χ0n) is 16.9. The van der Waals surface area contributed by atoms with Crippen molar-refractivity contribution in [1.82, 2.24) is 0 Å². The van der Waals surface area contributed by atoms with Gasteiger partial charge >= 0.3 is 0 Å².